The van der Waals surface area contributed by atoms with Gasteiger partial charge in [-0.2, -0.15) is 0 Å². The standard InChI is InChI=1S/C25H38N2O2/c1-20-7-4-5-8-23(20)19-26-15-10-21(11-16-26)24-9-3-2-6-14-27(24)25(28)22-12-17-29-18-13-22/h4-5,7-8,21-22,24H,2-3,6,9-19H2,1H3. The molecule has 4 heteroatoms. The molecule has 1 atom stereocenters. The van der Waals surface area contributed by atoms with Gasteiger partial charge >= 0.3 is 0 Å². The molecule has 4 nitrogen and oxygen atoms in total. The van der Waals surface area contributed by atoms with Crippen molar-refractivity contribution in [2.75, 3.05) is 32.8 Å². The predicted molar refractivity (Wildman–Crippen MR) is 117 cm³/mol. The van der Waals surface area contributed by atoms with Gasteiger partial charge < -0.3 is 9.64 Å². The molecule has 1 aromatic carbocycles. The molecule has 1 amide bonds. The molecule has 0 bridgehead atoms. The van der Waals surface area contributed by atoms with Gasteiger partial charge in [-0.1, -0.05) is 37.1 Å². The van der Waals surface area contributed by atoms with Crippen LogP contribution in [-0.4, -0.2) is 54.6 Å². The van der Waals surface area contributed by atoms with E-state index >= 15 is 0 Å². The average Bonchev–Trinajstić information content (AvgIpc) is 3.02. The van der Waals surface area contributed by atoms with E-state index in [-0.39, 0.29) is 5.92 Å². The lowest BCUT2D eigenvalue weighted by molar-refractivity contribution is -0.142. The zero-order valence-corrected chi connectivity index (χ0v) is 18.2. The van der Waals surface area contributed by atoms with Crippen LogP contribution in [0.5, 0.6) is 0 Å². The fourth-order valence-corrected chi connectivity index (χ4v) is 5.60. The van der Waals surface area contributed by atoms with Crippen molar-refractivity contribution in [1.82, 2.24) is 9.80 Å². The molecule has 0 radical (unpaired) electrons. The third-order valence-corrected chi connectivity index (χ3v) is 7.48. The normalized spacial score (nSPS) is 25.7. The van der Waals surface area contributed by atoms with Crippen molar-refractivity contribution in [3.8, 4) is 0 Å². The molecule has 3 aliphatic rings. The predicted octanol–water partition coefficient (Wildman–Crippen LogP) is 4.40. The number of nitrogens with zero attached hydrogens (tertiary/aromatic N) is 2. The molecule has 29 heavy (non-hydrogen) atoms. The molecule has 3 heterocycles. The first-order chi connectivity index (χ1) is 14.2. The van der Waals surface area contributed by atoms with Crippen LogP contribution in [0, 0.1) is 18.8 Å². The summed E-state index contributed by atoms with van der Waals surface area (Å²) in [5, 5.41) is 0. The molecular formula is C25H38N2O2. The zero-order valence-electron chi connectivity index (χ0n) is 18.2. The zero-order chi connectivity index (χ0) is 20.1. The summed E-state index contributed by atoms with van der Waals surface area (Å²) in [6, 6.07) is 9.23. The van der Waals surface area contributed by atoms with Crippen molar-refractivity contribution in [2.24, 2.45) is 11.8 Å². The number of carbonyl (C=O) groups excluding carboxylic acids is 1. The van der Waals surface area contributed by atoms with Crippen molar-refractivity contribution < 1.29 is 9.53 Å². The number of amides is 1. The number of rotatable bonds is 4. The highest BCUT2D eigenvalue weighted by Gasteiger charge is 2.36. The Hall–Kier alpha value is -1.39. The van der Waals surface area contributed by atoms with Gasteiger partial charge in [0.05, 0.1) is 0 Å². The summed E-state index contributed by atoms with van der Waals surface area (Å²) >= 11 is 0. The Morgan fingerprint density at radius 2 is 1.72 bits per heavy atom. The maximum atomic E-state index is 13.4. The van der Waals surface area contributed by atoms with Gasteiger partial charge in [0.1, 0.15) is 0 Å². The van der Waals surface area contributed by atoms with Crippen LogP contribution in [0.1, 0.15) is 62.5 Å². The number of piperidine rings is 1. The fraction of sp³-hybridized carbons (Fsp3) is 0.720. The smallest absolute Gasteiger partial charge is 0.226 e. The molecule has 0 saturated carbocycles. The molecular weight excluding hydrogens is 360 g/mol. The van der Waals surface area contributed by atoms with Crippen molar-refractivity contribution >= 4 is 5.91 Å². The van der Waals surface area contributed by atoms with Gasteiger partial charge in [0.25, 0.3) is 0 Å². The van der Waals surface area contributed by atoms with Gasteiger partial charge in [0.15, 0.2) is 0 Å². The van der Waals surface area contributed by atoms with Gasteiger partial charge in [0.2, 0.25) is 5.91 Å². The van der Waals surface area contributed by atoms with E-state index in [0.29, 0.717) is 17.9 Å². The van der Waals surface area contributed by atoms with E-state index in [4.69, 9.17) is 4.74 Å². The lowest BCUT2D eigenvalue weighted by atomic mass is 9.85. The molecule has 0 aromatic heterocycles. The summed E-state index contributed by atoms with van der Waals surface area (Å²) in [5.74, 6) is 1.30. The second-order valence-electron chi connectivity index (χ2n) is 9.38. The monoisotopic (exact) mass is 398 g/mol. The van der Waals surface area contributed by atoms with Crippen LogP contribution in [0.25, 0.3) is 0 Å². The number of benzene rings is 1. The topological polar surface area (TPSA) is 32.8 Å². The molecule has 4 rings (SSSR count). The Morgan fingerprint density at radius 3 is 2.48 bits per heavy atom. The molecule has 3 aliphatic heterocycles. The fourth-order valence-electron chi connectivity index (χ4n) is 5.60. The van der Waals surface area contributed by atoms with Gasteiger partial charge in [-0.3, -0.25) is 9.69 Å². The van der Waals surface area contributed by atoms with E-state index in [1.54, 1.807) is 0 Å². The first-order valence-electron chi connectivity index (χ1n) is 11.9. The third kappa shape index (κ3) is 5.21. The first-order valence-corrected chi connectivity index (χ1v) is 11.9. The Balaban J connectivity index is 1.37. The number of likely N-dealkylation sites (tertiary alicyclic amines) is 2. The van der Waals surface area contributed by atoms with Crippen molar-refractivity contribution in [2.45, 2.75) is 70.9 Å². The molecule has 160 valence electrons. The van der Waals surface area contributed by atoms with E-state index < -0.39 is 0 Å². The summed E-state index contributed by atoms with van der Waals surface area (Å²) in [6.45, 7) is 8.09. The minimum Gasteiger partial charge on any atom is -0.381 e. The summed E-state index contributed by atoms with van der Waals surface area (Å²) < 4.78 is 5.50. The number of hydrogen-bond acceptors (Lipinski definition) is 3. The summed E-state index contributed by atoms with van der Waals surface area (Å²) in [4.78, 5) is 18.3. The highest BCUT2D eigenvalue weighted by atomic mass is 16.5. The molecule has 0 aliphatic carbocycles. The van der Waals surface area contributed by atoms with Gasteiger partial charge in [-0.25, -0.2) is 0 Å². The number of hydrogen-bond donors (Lipinski definition) is 0. The van der Waals surface area contributed by atoms with E-state index in [0.717, 1.165) is 52.2 Å². The lowest BCUT2D eigenvalue weighted by Gasteiger charge is -2.42. The summed E-state index contributed by atoms with van der Waals surface area (Å²) in [5.41, 5.74) is 2.85. The van der Waals surface area contributed by atoms with E-state index in [9.17, 15) is 4.79 Å². The second kappa shape index (κ2) is 10.1. The molecule has 3 saturated heterocycles. The maximum Gasteiger partial charge on any atom is 0.226 e. The van der Waals surface area contributed by atoms with Gasteiger partial charge in [-0.15, -0.1) is 0 Å². The van der Waals surface area contributed by atoms with Crippen LogP contribution < -0.4 is 0 Å². The quantitative estimate of drug-likeness (QED) is 0.753. The van der Waals surface area contributed by atoms with Gasteiger partial charge in [0, 0.05) is 38.3 Å². The number of ether oxygens (including phenoxy) is 1. The first kappa shape index (κ1) is 20.9. The minimum absolute atomic E-state index is 0.200. The molecule has 1 aromatic rings. The van der Waals surface area contributed by atoms with Crippen LogP contribution in [0.15, 0.2) is 24.3 Å². The van der Waals surface area contributed by atoms with Crippen LogP contribution >= 0.6 is 0 Å². The van der Waals surface area contributed by atoms with Crippen LogP contribution in [0.4, 0.5) is 0 Å². The van der Waals surface area contributed by atoms with Gasteiger partial charge in [-0.05, 0) is 75.6 Å². The molecule has 0 N–H and O–H groups in total. The Morgan fingerprint density at radius 1 is 0.966 bits per heavy atom. The third-order valence-electron chi connectivity index (χ3n) is 7.48. The number of carbonyl (C=O) groups is 1. The lowest BCUT2D eigenvalue weighted by Crippen LogP contribution is -2.50. The Bertz CT molecular complexity index is 663. The maximum absolute atomic E-state index is 13.4. The van der Waals surface area contributed by atoms with E-state index in [1.807, 2.05) is 0 Å². The Labute approximate surface area is 176 Å². The summed E-state index contributed by atoms with van der Waals surface area (Å²) in [7, 11) is 0. The van der Waals surface area contributed by atoms with E-state index in [1.165, 1.54) is 49.7 Å². The van der Waals surface area contributed by atoms with Crippen LogP contribution in [0.3, 0.4) is 0 Å². The van der Waals surface area contributed by atoms with Crippen LogP contribution in [0.2, 0.25) is 0 Å². The van der Waals surface area contributed by atoms with Crippen molar-refractivity contribution in [1.29, 1.82) is 0 Å². The highest BCUT2D eigenvalue weighted by molar-refractivity contribution is 5.79. The van der Waals surface area contributed by atoms with Crippen molar-refractivity contribution in [3.63, 3.8) is 0 Å². The highest BCUT2D eigenvalue weighted by Crippen LogP contribution is 2.32. The van der Waals surface area contributed by atoms with Crippen LogP contribution in [-0.2, 0) is 16.1 Å². The second-order valence-corrected chi connectivity index (χ2v) is 9.38. The number of aryl methyl sites for hydroxylation is 1. The molecule has 0 spiro atoms. The molecule has 3 fully saturated rings. The Kier molecular flexibility index (Phi) is 7.25. The summed E-state index contributed by atoms with van der Waals surface area (Å²) in [6.07, 6.45) is 9.23. The molecule has 1 unspecified atom stereocenters. The SMILES string of the molecule is Cc1ccccc1CN1CCC(C2CCCCCN2C(=O)C2CCOCC2)CC1. The average molecular weight is 399 g/mol. The minimum atomic E-state index is 0.200. The van der Waals surface area contributed by atoms with E-state index in [2.05, 4.69) is 41.0 Å². The van der Waals surface area contributed by atoms with Crippen molar-refractivity contribution in [3.05, 3.63) is 35.4 Å². The largest absolute Gasteiger partial charge is 0.381 e.